The Morgan fingerprint density at radius 3 is 2.68 bits per heavy atom. The first-order valence-electron chi connectivity index (χ1n) is 5.59. The molecular weight excluding hydrogens is 267 g/mol. The second kappa shape index (κ2) is 5.28. The summed E-state index contributed by atoms with van der Waals surface area (Å²) in [6, 6.07) is 8.96. The number of rotatable bonds is 2. The molecule has 2 aromatic carbocycles. The summed E-state index contributed by atoms with van der Waals surface area (Å²) in [4.78, 5) is 12.1. The van der Waals surface area contributed by atoms with Gasteiger partial charge in [0.05, 0.1) is 5.56 Å². The topological polar surface area (TPSA) is 55.1 Å². The first-order valence-corrected chi connectivity index (χ1v) is 5.97. The maximum atomic E-state index is 13.2. The van der Waals surface area contributed by atoms with E-state index in [1.165, 1.54) is 12.1 Å². The highest BCUT2D eigenvalue weighted by Gasteiger charge is 2.11. The molecule has 3 N–H and O–H groups in total. The highest BCUT2D eigenvalue weighted by Crippen LogP contribution is 2.20. The van der Waals surface area contributed by atoms with Gasteiger partial charge in [-0.3, -0.25) is 4.79 Å². The van der Waals surface area contributed by atoms with E-state index in [-0.39, 0.29) is 10.7 Å². The Hall–Kier alpha value is -2.07. The summed E-state index contributed by atoms with van der Waals surface area (Å²) in [6.07, 6.45) is 0. The predicted molar refractivity (Wildman–Crippen MR) is 75.0 cm³/mol. The Bertz CT molecular complexity index is 623. The fourth-order valence-corrected chi connectivity index (χ4v) is 1.91. The van der Waals surface area contributed by atoms with Gasteiger partial charge in [0.15, 0.2) is 0 Å². The van der Waals surface area contributed by atoms with E-state index in [1.807, 2.05) is 13.0 Å². The van der Waals surface area contributed by atoms with E-state index in [4.69, 9.17) is 17.3 Å². The van der Waals surface area contributed by atoms with Gasteiger partial charge in [-0.15, -0.1) is 0 Å². The van der Waals surface area contributed by atoms with Crippen LogP contribution < -0.4 is 11.1 Å². The van der Waals surface area contributed by atoms with Gasteiger partial charge >= 0.3 is 0 Å². The summed E-state index contributed by atoms with van der Waals surface area (Å²) < 4.78 is 13.2. The van der Waals surface area contributed by atoms with Crippen LogP contribution in [-0.4, -0.2) is 5.91 Å². The minimum absolute atomic E-state index is 0.215. The van der Waals surface area contributed by atoms with Crippen LogP contribution in [0.2, 0.25) is 5.02 Å². The van der Waals surface area contributed by atoms with Crippen molar-refractivity contribution in [3.8, 4) is 0 Å². The van der Waals surface area contributed by atoms with Gasteiger partial charge in [0.1, 0.15) is 5.82 Å². The molecule has 0 saturated carbocycles. The predicted octanol–water partition coefficient (Wildman–Crippen LogP) is 3.62. The van der Waals surface area contributed by atoms with Crippen molar-refractivity contribution in [3.63, 3.8) is 0 Å². The lowest BCUT2D eigenvalue weighted by Gasteiger charge is -2.09. The van der Waals surface area contributed by atoms with Crippen molar-refractivity contribution in [2.45, 2.75) is 6.92 Å². The van der Waals surface area contributed by atoms with Crippen LogP contribution in [0, 0.1) is 12.7 Å². The first-order chi connectivity index (χ1) is 8.95. The summed E-state index contributed by atoms with van der Waals surface area (Å²) in [6.45, 7) is 1.86. The number of hydrogen-bond donors (Lipinski definition) is 2. The molecule has 0 unspecified atom stereocenters. The van der Waals surface area contributed by atoms with Crippen LogP contribution >= 0.6 is 11.6 Å². The van der Waals surface area contributed by atoms with Gasteiger partial charge < -0.3 is 11.1 Å². The molecule has 98 valence electrons. The van der Waals surface area contributed by atoms with Gasteiger partial charge in [0.25, 0.3) is 5.91 Å². The summed E-state index contributed by atoms with van der Waals surface area (Å²) >= 11 is 5.72. The number of amides is 1. The zero-order valence-electron chi connectivity index (χ0n) is 10.2. The van der Waals surface area contributed by atoms with Crippen molar-refractivity contribution in [3.05, 3.63) is 58.4 Å². The highest BCUT2D eigenvalue weighted by molar-refractivity contribution is 6.31. The van der Waals surface area contributed by atoms with Crippen molar-refractivity contribution in [1.82, 2.24) is 0 Å². The molecular formula is C14H12ClFN2O. The van der Waals surface area contributed by atoms with E-state index in [0.717, 1.165) is 11.6 Å². The Labute approximate surface area is 115 Å². The molecule has 0 radical (unpaired) electrons. The van der Waals surface area contributed by atoms with E-state index in [2.05, 4.69) is 5.32 Å². The number of nitrogen functional groups attached to an aromatic ring is 1. The SMILES string of the molecule is Cc1ccc(N)c(C(=O)Nc2cc(F)cc(Cl)c2)c1. The minimum atomic E-state index is -0.514. The zero-order valence-corrected chi connectivity index (χ0v) is 11.0. The second-order valence-electron chi connectivity index (χ2n) is 4.20. The largest absolute Gasteiger partial charge is 0.398 e. The molecule has 3 nitrogen and oxygen atoms in total. The number of anilines is 2. The number of carbonyl (C=O) groups is 1. The number of carbonyl (C=O) groups excluding carboxylic acids is 1. The third-order valence-corrected chi connectivity index (χ3v) is 2.79. The van der Waals surface area contributed by atoms with Crippen LogP contribution in [0.1, 0.15) is 15.9 Å². The number of nitrogens with one attached hydrogen (secondary N) is 1. The third kappa shape index (κ3) is 3.23. The molecule has 0 fully saturated rings. The lowest BCUT2D eigenvalue weighted by Crippen LogP contribution is -2.14. The lowest BCUT2D eigenvalue weighted by molar-refractivity contribution is 0.102. The van der Waals surface area contributed by atoms with Gasteiger partial charge in [0, 0.05) is 16.4 Å². The Morgan fingerprint density at radius 2 is 2.00 bits per heavy atom. The van der Waals surface area contributed by atoms with Crippen molar-refractivity contribution in [2.75, 3.05) is 11.1 Å². The molecule has 0 aliphatic heterocycles. The van der Waals surface area contributed by atoms with Gasteiger partial charge in [-0.05, 0) is 37.3 Å². The molecule has 0 heterocycles. The van der Waals surface area contributed by atoms with E-state index in [1.54, 1.807) is 12.1 Å². The van der Waals surface area contributed by atoms with Gasteiger partial charge in [-0.25, -0.2) is 4.39 Å². The maximum absolute atomic E-state index is 13.2. The summed E-state index contributed by atoms with van der Waals surface area (Å²) in [5.74, 6) is -0.914. The summed E-state index contributed by atoms with van der Waals surface area (Å²) in [5, 5.41) is 2.78. The van der Waals surface area contributed by atoms with Gasteiger partial charge in [-0.2, -0.15) is 0 Å². The van der Waals surface area contributed by atoms with Crippen LogP contribution in [0.3, 0.4) is 0 Å². The van der Waals surface area contributed by atoms with Crippen molar-refractivity contribution in [2.24, 2.45) is 0 Å². The van der Waals surface area contributed by atoms with Crippen LogP contribution in [-0.2, 0) is 0 Å². The third-order valence-electron chi connectivity index (χ3n) is 2.57. The molecule has 19 heavy (non-hydrogen) atoms. The molecule has 2 aromatic rings. The van der Waals surface area contributed by atoms with Crippen LogP contribution in [0.25, 0.3) is 0 Å². The molecule has 5 heteroatoms. The number of benzene rings is 2. The molecule has 2 rings (SSSR count). The normalized spacial score (nSPS) is 10.3. The molecule has 0 aromatic heterocycles. The molecule has 0 saturated heterocycles. The van der Waals surface area contributed by atoms with Crippen molar-refractivity contribution < 1.29 is 9.18 Å². The maximum Gasteiger partial charge on any atom is 0.257 e. The monoisotopic (exact) mass is 278 g/mol. The zero-order chi connectivity index (χ0) is 14.0. The smallest absolute Gasteiger partial charge is 0.257 e. The Balaban J connectivity index is 2.28. The highest BCUT2D eigenvalue weighted by atomic mass is 35.5. The van der Waals surface area contributed by atoms with Crippen molar-refractivity contribution >= 4 is 28.9 Å². The number of halogens is 2. The van der Waals surface area contributed by atoms with E-state index < -0.39 is 11.7 Å². The first kappa shape index (κ1) is 13.4. The van der Waals surface area contributed by atoms with E-state index >= 15 is 0 Å². The fraction of sp³-hybridized carbons (Fsp3) is 0.0714. The Morgan fingerprint density at radius 1 is 1.26 bits per heavy atom. The van der Waals surface area contributed by atoms with Gasteiger partial charge in [0.2, 0.25) is 0 Å². The molecule has 0 aliphatic carbocycles. The second-order valence-corrected chi connectivity index (χ2v) is 4.64. The average molecular weight is 279 g/mol. The Kier molecular flexibility index (Phi) is 3.71. The summed E-state index contributed by atoms with van der Waals surface area (Å²) in [5.41, 5.74) is 7.66. The molecule has 0 spiro atoms. The molecule has 0 bridgehead atoms. The minimum Gasteiger partial charge on any atom is -0.398 e. The molecule has 1 amide bonds. The summed E-state index contributed by atoms with van der Waals surface area (Å²) in [7, 11) is 0. The molecule has 0 aliphatic rings. The molecule has 0 atom stereocenters. The van der Waals surface area contributed by atoms with E-state index in [9.17, 15) is 9.18 Å². The number of aryl methyl sites for hydroxylation is 1. The van der Waals surface area contributed by atoms with Gasteiger partial charge in [-0.1, -0.05) is 23.2 Å². The van der Waals surface area contributed by atoms with Crippen LogP contribution in [0.5, 0.6) is 0 Å². The van der Waals surface area contributed by atoms with E-state index in [0.29, 0.717) is 11.3 Å². The fourth-order valence-electron chi connectivity index (χ4n) is 1.69. The lowest BCUT2D eigenvalue weighted by atomic mass is 10.1. The van der Waals surface area contributed by atoms with Crippen LogP contribution in [0.4, 0.5) is 15.8 Å². The standard InChI is InChI=1S/C14H12ClFN2O/c1-8-2-3-13(17)12(4-8)14(19)18-11-6-9(15)5-10(16)7-11/h2-7H,17H2,1H3,(H,18,19). The average Bonchev–Trinajstić information content (AvgIpc) is 2.30. The van der Waals surface area contributed by atoms with Crippen LogP contribution in [0.15, 0.2) is 36.4 Å². The number of nitrogens with two attached hydrogens (primary N) is 1. The quantitative estimate of drug-likeness (QED) is 0.824. The van der Waals surface area contributed by atoms with Crippen molar-refractivity contribution in [1.29, 1.82) is 0 Å². The number of hydrogen-bond acceptors (Lipinski definition) is 2.